The van der Waals surface area contributed by atoms with Crippen molar-refractivity contribution in [1.82, 2.24) is 0 Å². The molecule has 2 N–H and O–H groups in total. The van der Waals surface area contributed by atoms with Gasteiger partial charge in [-0.15, -0.1) is 0 Å². The van der Waals surface area contributed by atoms with Gasteiger partial charge >= 0.3 is 0 Å². The first-order chi connectivity index (χ1) is 2.80. The van der Waals surface area contributed by atoms with Crippen molar-refractivity contribution in [3.05, 3.63) is 10.2 Å². The lowest BCUT2D eigenvalue weighted by Gasteiger charge is -1.73. The summed E-state index contributed by atoms with van der Waals surface area (Å²) in [5.74, 6) is -0.537. The van der Waals surface area contributed by atoms with Crippen LogP contribution in [0.3, 0.4) is 0 Å². The fraction of sp³-hybridized carbons (Fsp3) is 0. The van der Waals surface area contributed by atoms with Gasteiger partial charge in [-0.1, -0.05) is 0 Å². The molecule has 2 nitrogen and oxygen atoms in total. The summed E-state index contributed by atoms with van der Waals surface area (Å²) in [7, 11) is 2.75. The molecule has 0 aliphatic carbocycles. The third kappa shape index (κ3) is 0.753. The van der Waals surface area contributed by atoms with Gasteiger partial charge in [-0.05, 0) is 21.6 Å². The van der Waals surface area contributed by atoms with Crippen molar-refractivity contribution >= 4 is 21.6 Å². The van der Waals surface area contributed by atoms with Gasteiger partial charge in [-0.3, -0.25) is 0 Å². The van der Waals surface area contributed by atoms with E-state index in [-0.39, 0.29) is 0 Å². The van der Waals surface area contributed by atoms with E-state index in [0.29, 0.717) is 4.24 Å². The van der Waals surface area contributed by atoms with E-state index in [1.165, 1.54) is 21.6 Å². The third-order valence-corrected chi connectivity index (χ3v) is 2.05. The van der Waals surface area contributed by atoms with Crippen LogP contribution < -0.4 is 0 Å². The Bertz CT molecular complexity index is 87.7. The highest BCUT2D eigenvalue weighted by molar-refractivity contribution is 8.96. The van der Waals surface area contributed by atoms with Crippen LogP contribution in [0.2, 0.25) is 0 Å². The smallest absolute Gasteiger partial charge is 0.296 e. The predicted octanol–water partition coefficient (Wildman–Crippen LogP) is 1.62. The molecule has 0 amide bonds. The van der Waals surface area contributed by atoms with Gasteiger partial charge < -0.3 is 10.2 Å². The normalized spacial score (nSPS) is 17.7. The Morgan fingerprint density at radius 1 is 1.33 bits per heavy atom. The molecule has 0 aromatic heterocycles. The van der Waals surface area contributed by atoms with Gasteiger partial charge in [-0.2, -0.15) is 0 Å². The van der Waals surface area contributed by atoms with Crippen molar-refractivity contribution in [3.8, 4) is 0 Å². The van der Waals surface area contributed by atoms with Crippen LogP contribution in [0.5, 0.6) is 0 Å². The maximum Gasteiger partial charge on any atom is 0.296 e. The first kappa shape index (κ1) is 4.21. The molecule has 0 unspecified atom stereocenters. The molecule has 4 heteroatoms. The lowest BCUT2D eigenvalue weighted by atomic mass is 11.0. The Kier molecular flexibility index (Phi) is 0.892. The van der Waals surface area contributed by atoms with Crippen LogP contribution in [-0.4, -0.2) is 10.2 Å². The maximum atomic E-state index is 8.09. The predicted molar refractivity (Wildman–Crippen MR) is 27.5 cm³/mol. The summed E-state index contributed by atoms with van der Waals surface area (Å²) in [6.07, 6.45) is 0. The number of aliphatic hydroxyl groups excluding tert-OH is 1. The molecule has 1 heterocycles. The average Bonchev–Trinajstić information content (AvgIpc) is 2.06. The Hall–Kier alpha value is 0.0400. The second-order valence-electron chi connectivity index (χ2n) is 0.778. The van der Waals surface area contributed by atoms with E-state index in [1.807, 2.05) is 0 Å². The van der Waals surface area contributed by atoms with Gasteiger partial charge in [0.2, 0.25) is 0 Å². The molecule has 1 saturated heterocycles. The van der Waals surface area contributed by atoms with Crippen molar-refractivity contribution in [2.75, 3.05) is 0 Å². The highest BCUT2D eigenvalue weighted by Crippen LogP contribution is 2.58. The molecule has 0 aromatic carbocycles. The lowest BCUT2D eigenvalue weighted by molar-refractivity contribution is 0.192. The van der Waals surface area contributed by atoms with Gasteiger partial charge in [0.05, 0.1) is 0 Å². The Balaban J connectivity index is 2.61. The summed E-state index contributed by atoms with van der Waals surface area (Å²) in [6, 6.07) is 0. The highest BCUT2D eigenvalue weighted by atomic mass is 33.2. The van der Waals surface area contributed by atoms with E-state index in [2.05, 4.69) is 0 Å². The molecule has 0 spiro atoms. The number of aliphatic hydroxyl groups is 2. The Morgan fingerprint density at radius 2 is 1.83 bits per heavy atom. The number of hydrogen-bond acceptors (Lipinski definition) is 4. The molecule has 0 radical (unpaired) electrons. The van der Waals surface area contributed by atoms with Crippen LogP contribution >= 0.6 is 21.6 Å². The zero-order valence-corrected chi connectivity index (χ0v) is 4.34. The van der Waals surface area contributed by atoms with Gasteiger partial charge in [0.25, 0.3) is 5.95 Å². The molecule has 1 aliphatic heterocycles. The van der Waals surface area contributed by atoms with Gasteiger partial charge in [0.15, 0.2) is 0 Å². The SMILES string of the molecule is OC(O)=C1SS1. The van der Waals surface area contributed by atoms with Crippen LogP contribution in [0, 0.1) is 0 Å². The molecule has 34 valence electrons. The van der Waals surface area contributed by atoms with Gasteiger partial charge in [0.1, 0.15) is 4.24 Å². The van der Waals surface area contributed by atoms with Crippen molar-refractivity contribution < 1.29 is 10.2 Å². The minimum atomic E-state index is -0.537. The summed E-state index contributed by atoms with van der Waals surface area (Å²) in [4.78, 5) is 0. The number of hydrogen-bond donors (Lipinski definition) is 2. The summed E-state index contributed by atoms with van der Waals surface area (Å²) < 4.78 is 0.620. The summed E-state index contributed by atoms with van der Waals surface area (Å²) in [6.45, 7) is 0. The van der Waals surface area contributed by atoms with Crippen LogP contribution in [-0.2, 0) is 0 Å². The second-order valence-corrected chi connectivity index (χ2v) is 3.19. The summed E-state index contributed by atoms with van der Waals surface area (Å²) >= 11 is 0. The summed E-state index contributed by atoms with van der Waals surface area (Å²) in [5.41, 5.74) is 0. The van der Waals surface area contributed by atoms with E-state index < -0.39 is 5.95 Å². The largest absolute Gasteiger partial charge is 0.480 e. The topological polar surface area (TPSA) is 40.5 Å². The maximum absolute atomic E-state index is 8.09. The van der Waals surface area contributed by atoms with E-state index in [1.54, 1.807) is 0 Å². The minimum absolute atomic E-state index is 0.537. The number of rotatable bonds is 0. The van der Waals surface area contributed by atoms with Gasteiger partial charge in [-0.25, -0.2) is 0 Å². The first-order valence-electron chi connectivity index (χ1n) is 1.27. The zero-order chi connectivity index (χ0) is 4.57. The highest BCUT2D eigenvalue weighted by Gasteiger charge is 2.20. The first-order valence-corrected chi connectivity index (χ1v) is 3.42. The molecular formula is C2H2O2S2. The van der Waals surface area contributed by atoms with E-state index in [9.17, 15) is 0 Å². The summed E-state index contributed by atoms with van der Waals surface area (Å²) in [5, 5.41) is 16.2. The molecule has 0 saturated carbocycles. The molecule has 0 aromatic rings. The lowest BCUT2D eigenvalue weighted by Crippen LogP contribution is -1.68. The van der Waals surface area contributed by atoms with Crippen LogP contribution in [0.25, 0.3) is 0 Å². The fourth-order valence-corrected chi connectivity index (χ4v) is 0.858. The molecular weight excluding hydrogens is 120 g/mol. The van der Waals surface area contributed by atoms with Crippen molar-refractivity contribution in [3.63, 3.8) is 0 Å². The standard InChI is InChI=1S/C2H2O2S2/c3-1(4)2-5-6-2/h3-4H. The van der Waals surface area contributed by atoms with Crippen LogP contribution in [0.4, 0.5) is 0 Å². The second kappa shape index (κ2) is 1.27. The minimum Gasteiger partial charge on any atom is -0.480 e. The Labute approximate surface area is 42.6 Å². The quantitative estimate of drug-likeness (QED) is 0.291. The van der Waals surface area contributed by atoms with Crippen LogP contribution in [0.15, 0.2) is 10.2 Å². The van der Waals surface area contributed by atoms with E-state index in [4.69, 9.17) is 10.2 Å². The molecule has 6 heavy (non-hydrogen) atoms. The van der Waals surface area contributed by atoms with Crippen molar-refractivity contribution in [2.24, 2.45) is 0 Å². The fourth-order valence-electron chi connectivity index (χ4n) is 0.0954. The zero-order valence-electron chi connectivity index (χ0n) is 2.71. The molecule has 1 aliphatic rings. The average molecular weight is 122 g/mol. The van der Waals surface area contributed by atoms with E-state index >= 15 is 0 Å². The molecule has 0 atom stereocenters. The monoisotopic (exact) mass is 122 g/mol. The molecule has 1 fully saturated rings. The van der Waals surface area contributed by atoms with Crippen LogP contribution in [0.1, 0.15) is 0 Å². The van der Waals surface area contributed by atoms with Gasteiger partial charge in [0, 0.05) is 0 Å². The molecule has 0 bridgehead atoms. The van der Waals surface area contributed by atoms with E-state index in [0.717, 1.165) is 0 Å². The Morgan fingerprint density at radius 3 is 1.83 bits per heavy atom. The van der Waals surface area contributed by atoms with Crippen molar-refractivity contribution in [1.29, 1.82) is 0 Å². The third-order valence-electron chi connectivity index (χ3n) is 0.349. The van der Waals surface area contributed by atoms with Crippen molar-refractivity contribution in [2.45, 2.75) is 0 Å². The molecule has 1 rings (SSSR count).